The number of amides is 1. The van der Waals surface area contributed by atoms with Gasteiger partial charge in [0, 0.05) is 30.7 Å². The quantitative estimate of drug-likeness (QED) is 0.723. The van der Waals surface area contributed by atoms with Crippen LogP contribution in [0.2, 0.25) is 0 Å². The number of carbonyl (C=O) groups is 1. The normalized spacial score (nSPS) is 30.4. The van der Waals surface area contributed by atoms with Crippen LogP contribution in [0.15, 0.2) is 28.6 Å². The number of hydrogen-bond acceptors (Lipinski definition) is 3. The first-order valence-electron chi connectivity index (χ1n) is 10.2. The van der Waals surface area contributed by atoms with Crippen molar-refractivity contribution in [1.82, 2.24) is 4.57 Å². The summed E-state index contributed by atoms with van der Waals surface area (Å²) in [6.07, 6.45) is 5.54. The molecule has 4 nitrogen and oxygen atoms in total. The maximum Gasteiger partial charge on any atom is 0.254 e. The van der Waals surface area contributed by atoms with E-state index >= 15 is 0 Å². The standard InChI is InChI=1S/C22H24F2N2O2S/c1-28-5-4-26-19(17-3-2-16(23)9-18(17)24)12-29-21(26)25-20(27)22-10-13-6-14(11-22)8-15(22)7-13/h2-3,9,12-15H,4-8,10-11H2,1H3/b25-21-. The number of rotatable bonds is 5. The molecule has 4 aliphatic rings. The van der Waals surface area contributed by atoms with Crippen molar-refractivity contribution in [3.05, 3.63) is 40.0 Å². The van der Waals surface area contributed by atoms with Gasteiger partial charge in [-0.25, -0.2) is 8.78 Å². The molecule has 2 unspecified atom stereocenters. The zero-order valence-corrected chi connectivity index (χ0v) is 17.2. The Kier molecular flexibility index (Phi) is 4.70. The van der Waals surface area contributed by atoms with Gasteiger partial charge in [0.1, 0.15) is 11.6 Å². The lowest BCUT2D eigenvalue weighted by atomic mass is 9.75. The van der Waals surface area contributed by atoms with Crippen LogP contribution in [0.25, 0.3) is 11.3 Å². The summed E-state index contributed by atoms with van der Waals surface area (Å²) in [7, 11) is 1.60. The van der Waals surface area contributed by atoms with Gasteiger partial charge in [0.2, 0.25) is 0 Å². The molecular formula is C22H24F2N2O2S. The van der Waals surface area contributed by atoms with Crippen molar-refractivity contribution in [2.24, 2.45) is 28.2 Å². The number of halogens is 2. The number of ether oxygens (including phenoxy) is 1. The van der Waals surface area contributed by atoms with Gasteiger partial charge in [-0.05, 0) is 62.0 Å². The van der Waals surface area contributed by atoms with Crippen molar-refractivity contribution in [1.29, 1.82) is 0 Å². The predicted molar refractivity (Wildman–Crippen MR) is 106 cm³/mol. The monoisotopic (exact) mass is 418 g/mol. The van der Waals surface area contributed by atoms with Gasteiger partial charge in [-0.3, -0.25) is 4.79 Å². The number of aromatic nitrogens is 1. The highest BCUT2D eigenvalue weighted by Crippen LogP contribution is 2.65. The molecule has 0 radical (unpaired) electrons. The Morgan fingerprint density at radius 2 is 2.03 bits per heavy atom. The van der Waals surface area contributed by atoms with Gasteiger partial charge in [0.15, 0.2) is 4.80 Å². The highest BCUT2D eigenvalue weighted by Gasteiger charge is 2.61. The number of thiazole rings is 1. The fourth-order valence-corrected chi connectivity index (χ4v) is 7.00. The Morgan fingerprint density at radius 3 is 2.72 bits per heavy atom. The van der Waals surface area contributed by atoms with Gasteiger partial charge in [-0.1, -0.05) is 0 Å². The van der Waals surface area contributed by atoms with Crippen molar-refractivity contribution >= 4 is 17.2 Å². The van der Waals surface area contributed by atoms with Crippen molar-refractivity contribution < 1.29 is 18.3 Å². The van der Waals surface area contributed by atoms with Gasteiger partial charge in [0.05, 0.1) is 17.7 Å². The SMILES string of the molecule is COCCn1c(-c2ccc(F)cc2F)cs/c1=N\C(=O)C12CC3CC(CC1C3)C2. The van der Waals surface area contributed by atoms with Crippen LogP contribution in [-0.4, -0.2) is 24.2 Å². The van der Waals surface area contributed by atoms with Crippen LogP contribution in [0.5, 0.6) is 0 Å². The molecule has 1 aromatic heterocycles. The summed E-state index contributed by atoms with van der Waals surface area (Å²) < 4.78 is 34.8. The third-order valence-electron chi connectivity index (χ3n) is 7.14. The van der Waals surface area contributed by atoms with Crippen molar-refractivity contribution in [2.45, 2.75) is 38.6 Å². The van der Waals surface area contributed by atoms with E-state index in [0.29, 0.717) is 47.0 Å². The first-order chi connectivity index (χ1) is 14.0. The molecule has 154 valence electrons. The van der Waals surface area contributed by atoms with Crippen LogP contribution in [-0.2, 0) is 16.1 Å². The molecule has 1 heterocycles. The minimum absolute atomic E-state index is 0.00801. The molecule has 0 saturated heterocycles. The predicted octanol–water partition coefficient (Wildman–Crippen LogP) is 4.39. The van der Waals surface area contributed by atoms with Crippen LogP contribution in [0, 0.1) is 34.8 Å². The van der Waals surface area contributed by atoms with Crippen molar-refractivity contribution in [3.8, 4) is 11.3 Å². The lowest BCUT2D eigenvalue weighted by molar-refractivity contribution is -0.129. The summed E-state index contributed by atoms with van der Waals surface area (Å²) in [4.78, 5) is 18.5. The zero-order chi connectivity index (χ0) is 20.2. The van der Waals surface area contributed by atoms with E-state index < -0.39 is 11.6 Å². The van der Waals surface area contributed by atoms with Crippen LogP contribution in [0.3, 0.4) is 0 Å². The van der Waals surface area contributed by atoms with Crippen LogP contribution >= 0.6 is 11.3 Å². The lowest BCUT2D eigenvalue weighted by Gasteiger charge is -2.29. The van der Waals surface area contributed by atoms with Crippen LogP contribution in [0.4, 0.5) is 8.78 Å². The van der Waals surface area contributed by atoms with E-state index in [1.54, 1.807) is 12.5 Å². The molecule has 4 bridgehead atoms. The molecule has 2 aromatic rings. The summed E-state index contributed by atoms with van der Waals surface area (Å²) in [5.41, 5.74) is 0.607. The van der Waals surface area contributed by atoms with E-state index in [2.05, 4.69) is 4.99 Å². The molecule has 0 spiro atoms. The molecule has 2 atom stereocenters. The van der Waals surface area contributed by atoms with E-state index in [1.807, 2.05) is 4.57 Å². The number of methoxy groups -OCH3 is 1. The highest BCUT2D eigenvalue weighted by atomic mass is 32.1. The van der Waals surface area contributed by atoms with E-state index in [-0.39, 0.29) is 11.3 Å². The van der Waals surface area contributed by atoms with Gasteiger partial charge in [0.25, 0.3) is 5.91 Å². The fourth-order valence-electron chi connectivity index (χ4n) is 6.07. The Bertz CT molecular complexity index is 1010. The third-order valence-corrected chi connectivity index (χ3v) is 8.00. The van der Waals surface area contributed by atoms with Crippen LogP contribution in [0.1, 0.15) is 32.1 Å². The minimum Gasteiger partial charge on any atom is -0.383 e. The van der Waals surface area contributed by atoms with E-state index in [4.69, 9.17) is 4.74 Å². The van der Waals surface area contributed by atoms with Gasteiger partial charge in [-0.2, -0.15) is 4.99 Å². The second-order valence-corrected chi connectivity index (χ2v) is 9.63. The molecule has 4 fully saturated rings. The summed E-state index contributed by atoms with van der Waals surface area (Å²) in [6.45, 7) is 0.853. The summed E-state index contributed by atoms with van der Waals surface area (Å²) in [6, 6.07) is 3.55. The largest absolute Gasteiger partial charge is 0.383 e. The molecule has 1 aromatic carbocycles. The van der Waals surface area contributed by atoms with Gasteiger partial charge >= 0.3 is 0 Å². The van der Waals surface area contributed by atoms with Gasteiger partial charge < -0.3 is 9.30 Å². The average molecular weight is 419 g/mol. The first-order valence-corrected chi connectivity index (χ1v) is 11.1. The Hall–Kier alpha value is -1.86. The van der Waals surface area contributed by atoms with E-state index in [9.17, 15) is 13.6 Å². The average Bonchev–Trinajstić information content (AvgIpc) is 3.27. The highest BCUT2D eigenvalue weighted by molar-refractivity contribution is 7.07. The summed E-state index contributed by atoms with van der Waals surface area (Å²) in [5.74, 6) is 0.586. The smallest absolute Gasteiger partial charge is 0.254 e. The maximum absolute atomic E-state index is 14.4. The molecule has 0 N–H and O–H groups in total. The topological polar surface area (TPSA) is 43.6 Å². The Balaban J connectivity index is 1.55. The number of nitrogens with zero attached hydrogens (tertiary/aromatic N) is 2. The second kappa shape index (κ2) is 7.13. The number of benzene rings is 1. The Labute approximate surface area is 172 Å². The zero-order valence-electron chi connectivity index (χ0n) is 16.4. The van der Waals surface area contributed by atoms with Crippen LogP contribution < -0.4 is 4.80 Å². The van der Waals surface area contributed by atoms with E-state index in [1.165, 1.54) is 29.9 Å². The van der Waals surface area contributed by atoms with Crippen molar-refractivity contribution in [3.63, 3.8) is 0 Å². The fraction of sp³-hybridized carbons (Fsp3) is 0.545. The molecule has 1 amide bonds. The molecule has 29 heavy (non-hydrogen) atoms. The second-order valence-electron chi connectivity index (χ2n) is 8.79. The van der Waals surface area contributed by atoms with Crippen molar-refractivity contribution in [2.75, 3.05) is 13.7 Å². The molecule has 4 saturated carbocycles. The molecule has 7 heteroatoms. The first kappa shape index (κ1) is 19.1. The summed E-state index contributed by atoms with van der Waals surface area (Å²) >= 11 is 1.32. The maximum atomic E-state index is 14.4. The molecular weight excluding hydrogens is 394 g/mol. The van der Waals surface area contributed by atoms with E-state index in [0.717, 1.165) is 31.7 Å². The number of hydrogen-bond donors (Lipinski definition) is 0. The Morgan fingerprint density at radius 1 is 1.28 bits per heavy atom. The third kappa shape index (κ3) is 3.10. The molecule has 6 rings (SSSR count). The number of carbonyl (C=O) groups excluding carboxylic acids is 1. The summed E-state index contributed by atoms with van der Waals surface area (Å²) in [5, 5.41) is 1.79. The lowest BCUT2D eigenvalue weighted by Crippen LogP contribution is -2.33. The molecule has 4 aliphatic carbocycles. The van der Waals surface area contributed by atoms with Gasteiger partial charge in [-0.15, -0.1) is 11.3 Å². The molecule has 0 aliphatic heterocycles. The minimum atomic E-state index is -0.628.